The average Bonchev–Trinajstić information content (AvgIpc) is 2.75. The predicted molar refractivity (Wildman–Crippen MR) is 155 cm³/mol. The number of aryl methyl sites for hydroxylation is 2. The quantitative estimate of drug-likeness (QED) is 0.297. The van der Waals surface area contributed by atoms with Gasteiger partial charge in [0.05, 0.1) is 0 Å². The minimum absolute atomic E-state index is 0.207. The molecule has 3 amide bonds. The molecule has 2 atom stereocenters. The van der Waals surface area contributed by atoms with E-state index in [1.54, 1.807) is 25.7 Å². The number of hydrogen-bond donors (Lipinski definition) is 2. The van der Waals surface area contributed by atoms with Gasteiger partial charge in [0, 0.05) is 12.1 Å². The van der Waals surface area contributed by atoms with Gasteiger partial charge in [-0.15, -0.1) is 0 Å². The first kappa shape index (κ1) is 33.5. The number of carbonyl (C=O) groups excluding carboxylic acids is 3. The Bertz CT molecular complexity index is 908. The van der Waals surface area contributed by atoms with Crippen molar-refractivity contribution in [3.05, 3.63) is 34.9 Å². The van der Waals surface area contributed by atoms with E-state index in [1.807, 2.05) is 66.7 Å². The van der Waals surface area contributed by atoms with Crippen LogP contribution in [0, 0.1) is 19.8 Å². The Hall–Kier alpha value is -2.57. The first-order valence-corrected chi connectivity index (χ1v) is 14.2. The van der Waals surface area contributed by atoms with Crippen LogP contribution in [0.25, 0.3) is 0 Å². The van der Waals surface area contributed by atoms with Crippen LogP contribution in [0.3, 0.4) is 0 Å². The van der Waals surface area contributed by atoms with Crippen molar-refractivity contribution in [2.24, 2.45) is 5.92 Å². The average molecular weight is 532 g/mol. The van der Waals surface area contributed by atoms with Crippen LogP contribution < -0.4 is 10.6 Å². The lowest BCUT2D eigenvalue weighted by atomic mass is 9.92. The SMILES string of the molecule is CCCCCCCN(C(=O)C(NC(=O)OC(C)(C)C)C(C)C)C(C(=O)NC(C)(C)C)c1c(C)cccc1C. The Morgan fingerprint density at radius 3 is 1.95 bits per heavy atom. The van der Waals surface area contributed by atoms with Gasteiger partial charge in [0.1, 0.15) is 17.7 Å². The number of carbonyl (C=O) groups is 3. The van der Waals surface area contributed by atoms with Gasteiger partial charge in [-0.05, 0) is 84.4 Å². The van der Waals surface area contributed by atoms with E-state index >= 15 is 0 Å². The van der Waals surface area contributed by atoms with E-state index in [2.05, 4.69) is 17.6 Å². The summed E-state index contributed by atoms with van der Waals surface area (Å²) in [6.45, 7) is 21.5. The monoisotopic (exact) mass is 531 g/mol. The first-order valence-electron chi connectivity index (χ1n) is 14.2. The van der Waals surface area contributed by atoms with Crippen molar-refractivity contribution in [2.75, 3.05) is 6.54 Å². The van der Waals surface area contributed by atoms with Crippen molar-refractivity contribution in [1.29, 1.82) is 0 Å². The van der Waals surface area contributed by atoms with Crippen molar-refractivity contribution in [3.8, 4) is 0 Å². The summed E-state index contributed by atoms with van der Waals surface area (Å²) < 4.78 is 5.47. The summed E-state index contributed by atoms with van der Waals surface area (Å²) >= 11 is 0. The zero-order valence-electron chi connectivity index (χ0n) is 25.8. The molecular formula is C31H53N3O4. The molecule has 0 heterocycles. The molecule has 1 aromatic carbocycles. The zero-order chi connectivity index (χ0) is 29.3. The fraction of sp³-hybridized carbons (Fsp3) is 0.710. The Morgan fingerprint density at radius 2 is 1.47 bits per heavy atom. The number of benzene rings is 1. The van der Waals surface area contributed by atoms with Gasteiger partial charge >= 0.3 is 6.09 Å². The van der Waals surface area contributed by atoms with E-state index in [1.165, 1.54) is 0 Å². The molecule has 7 nitrogen and oxygen atoms in total. The van der Waals surface area contributed by atoms with Gasteiger partial charge in [0.25, 0.3) is 0 Å². The Balaban J connectivity index is 3.58. The molecule has 0 aromatic heterocycles. The fourth-order valence-electron chi connectivity index (χ4n) is 4.50. The highest BCUT2D eigenvalue weighted by molar-refractivity contribution is 5.93. The van der Waals surface area contributed by atoms with Crippen molar-refractivity contribution in [1.82, 2.24) is 15.5 Å². The topological polar surface area (TPSA) is 87.7 Å². The summed E-state index contributed by atoms with van der Waals surface area (Å²) in [7, 11) is 0. The van der Waals surface area contributed by atoms with Crippen molar-refractivity contribution >= 4 is 17.9 Å². The Kier molecular flexibility index (Phi) is 12.8. The van der Waals surface area contributed by atoms with Gasteiger partial charge in [0.2, 0.25) is 11.8 Å². The highest BCUT2D eigenvalue weighted by Crippen LogP contribution is 2.30. The van der Waals surface area contributed by atoms with Gasteiger partial charge in [-0.3, -0.25) is 9.59 Å². The summed E-state index contributed by atoms with van der Waals surface area (Å²) in [5.41, 5.74) is 1.55. The number of rotatable bonds is 12. The molecule has 2 N–H and O–H groups in total. The van der Waals surface area contributed by atoms with E-state index in [-0.39, 0.29) is 17.7 Å². The van der Waals surface area contributed by atoms with Crippen LogP contribution in [0.15, 0.2) is 18.2 Å². The Labute approximate surface area is 231 Å². The van der Waals surface area contributed by atoms with Gasteiger partial charge in [0.15, 0.2) is 0 Å². The molecule has 1 aromatic rings. The third-order valence-electron chi connectivity index (χ3n) is 6.26. The molecule has 38 heavy (non-hydrogen) atoms. The molecule has 2 unspecified atom stereocenters. The van der Waals surface area contributed by atoms with Crippen molar-refractivity contribution in [2.45, 2.75) is 131 Å². The van der Waals surface area contributed by atoms with E-state index in [9.17, 15) is 14.4 Å². The van der Waals surface area contributed by atoms with Gasteiger partial charge in [-0.25, -0.2) is 4.79 Å². The summed E-state index contributed by atoms with van der Waals surface area (Å²) in [6, 6.07) is 4.25. The second kappa shape index (κ2) is 14.5. The largest absolute Gasteiger partial charge is 0.444 e. The third-order valence-corrected chi connectivity index (χ3v) is 6.26. The molecule has 216 valence electrons. The lowest BCUT2D eigenvalue weighted by Crippen LogP contribution is -2.56. The van der Waals surface area contributed by atoms with Crippen molar-refractivity contribution in [3.63, 3.8) is 0 Å². The molecule has 1 rings (SSSR count). The molecule has 0 fully saturated rings. The second-order valence-electron chi connectivity index (χ2n) is 12.8. The molecule has 0 saturated carbocycles. The van der Waals surface area contributed by atoms with Crippen LogP contribution >= 0.6 is 0 Å². The van der Waals surface area contributed by atoms with Gasteiger partial charge in [-0.1, -0.05) is 64.7 Å². The molecule has 7 heteroatoms. The molecule has 0 aliphatic carbocycles. The van der Waals surface area contributed by atoms with E-state index in [4.69, 9.17) is 4.74 Å². The molecule has 0 bridgehead atoms. The van der Waals surface area contributed by atoms with Crippen LogP contribution in [-0.4, -0.2) is 46.5 Å². The Morgan fingerprint density at radius 1 is 0.921 bits per heavy atom. The minimum Gasteiger partial charge on any atom is -0.444 e. The summed E-state index contributed by atoms with van der Waals surface area (Å²) in [5, 5.41) is 5.92. The number of amides is 3. The van der Waals surface area contributed by atoms with Crippen LogP contribution in [0.4, 0.5) is 4.79 Å². The predicted octanol–water partition coefficient (Wildman–Crippen LogP) is 6.61. The maximum absolute atomic E-state index is 14.3. The van der Waals surface area contributed by atoms with Crippen LogP contribution in [0.1, 0.15) is 117 Å². The number of nitrogens with zero attached hydrogens (tertiary/aromatic N) is 1. The fourth-order valence-corrected chi connectivity index (χ4v) is 4.50. The van der Waals surface area contributed by atoms with Crippen molar-refractivity contribution < 1.29 is 19.1 Å². The van der Waals surface area contributed by atoms with Crippen LogP contribution in [-0.2, 0) is 14.3 Å². The third kappa shape index (κ3) is 11.0. The number of nitrogens with one attached hydrogen (secondary N) is 2. The molecule has 0 aliphatic heterocycles. The standard InChI is InChI=1S/C31H53N3O4/c1-12-13-14-15-16-20-34(28(36)25(21(2)3)32-29(37)38-31(9,10)11)26(27(35)33-30(6,7)8)24-22(4)18-17-19-23(24)5/h17-19,21,25-26H,12-16,20H2,1-11H3,(H,32,37)(H,33,35). The highest BCUT2D eigenvalue weighted by Gasteiger charge is 2.39. The molecule has 0 radical (unpaired) electrons. The van der Waals surface area contributed by atoms with E-state index in [0.717, 1.165) is 48.8 Å². The summed E-state index contributed by atoms with van der Waals surface area (Å²) in [6.07, 6.45) is 4.42. The molecule has 0 spiro atoms. The smallest absolute Gasteiger partial charge is 0.408 e. The second-order valence-corrected chi connectivity index (χ2v) is 12.8. The zero-order valence-corrected chi connectivity index (χ0v) is 25.8. The van der Waals surface area contributed by atoms with Gasteiger partial charge < -0.3 is 20.3 Å². The van der Waals surface area contributed by atoms with Gasteiger partial charge in [-0.2, -0.15) is 0 Å². The number of hydrogen-bond acceptors (Lipinski definition) is 4. The molecule has 0 saturated heterocycles. The first-order chi connectivity index (χ1) is 17.5. The lowest BCUT2D eigenvalue weighted by molar-refractivity contribution is -0.144. The number of alkyl carbamates (subject to hydrolysis) is 1. The van der Waals surface area contributed by atoms with E-state index < -0.39 is 29.3 Å². The number of ether oxygens (including phenoxy) is 1. The normalized spacial score (nSPS) is 13.6. The van der Waals surface area contributed by atoms with E-state index in [0.29, 0.717) is 6.54 Å². The number of unbranched alkanes of at least 4 members (excludes halogenated alkanes) is 4. The maximum atomic E-state index is 14.3. The van der Waals surface area contributed by atoms with Crippen LogP contribution in [0.2, 0.25) is 0 Å². The summed E-state index contributed by atoms with van der Waals surface area (Å²) in [5.74, 6) is -0.712. The minimum atomic E-state index is -0.838. The molecule has 0 aliphatic rings. The highest BCUT2D eigenvalue weighted by atomic mass is 16.6. The lowest BCUT2D eigenvalue weighted by Gasteiger charge is -2.38. The van der Waals surface area contributed by atoms with Crippen LogP contribution in [0.5, 0.6) is 0 Å². The summed E-state index contributed by atoms with van der Waals surface area (Å²) in [4.78, 5) is 42.6. The maximum Gasteiger partial charge on any atom is 0.408 e. The molecular weight excluding hydrogens is 478 g/mol.